The molecule has 1 aliphatic heterocycles. The molecule has 2 amide bonds. The summed E-state index contributed by atoms with van der Waals surface area (Å²) in [6.45, 7) is 1.69. The van der Waals surface area contributed by atoms with Gasteiger partial charge >= 0.3 is 0 Å². The summed E-state index contributed by atoms with van der Waals surface area (Å²) in [5.41, 5.74) is 6.64. The van der Waals surface area contributed by atoms with Gasteiger partial charge in [0, 0.05) is 12.6 Å². The summed E-state index contributed by atoms with van der Waals surface area (Å²) in [5, 5.41) is 2.46. The van der Waals surface area contributed by atoms with E-state index in [0.29, 0.717) is 6.54 Å². The molecule has 1 aromatic carbocycles. The first-order chi connectivity index (χ1) is 10.2. The van der Waals surface area contributed by atoms with Gasteiger partial charge in [-0.3, -0.25) is 19.8 Å². The fourth-order valence-corrected chi connectivity index (χ4v) is 2.74. The normalized spacial score (nSPS) is 19.2. The van der Waals surface area contributed by atoms with Crippen molar-refractivity contribution in [1.82, 2.24) is 10.2 Å². The lowest BCUT2D eigenvalue weighted by molar-refractivity contribution is -0.131. The van der Waals surface area contributed by atoms with Crippen molar-refractivity contribution in [3.05, 3.63) is 35.9 Å². The van der Waals surface area contributed by atoms with Gasteiger partial charge in [-0.2, -0.15) is 0 Å². The molecule has 1 fully saturated rings. The second-order valence-electron chi connectivity index (χ2n) is 5.49. The maximum absolute atomic E-state index is 12.0. The summed E-state index contributed by atoms with van der Waals surface area (Å²) in [5.74, 6) is -0.496. The molecule has 114 valence electrons. The maximum Gasteiger partial charge on any atom is 0.240 e. The molecule has 2 rings (SSSR count). The van der Waals surface area contributed by atoms with Crippen LogP contribution in [-0.4, -0.2) is 42.4 Å². The second-order valence-corrected chi connectivity index (χ2v) is 5.49. The lowest BCUT2D eigenvalue weighted by atomic mass is 10.0. The third kappa shape index (κ3) is 4.95. The Morgan fingerprint density at radius 1 is 1.19 bits per heavy atom. The van der Waals surface area contributed by atoms with E-state index in [1.54, 1.807) is 0 Å². The van der Waals surface area contributed by atoms with Crippen molar-refractivity contribution in [2.24, 2.45) is 5.73 Å². The van der Waals surface area contributed by atoms with Crippen LogP contribution in [0.1, 0.15) is 24.8 Å². The summed E-state index contributed by atoms with van der Waals surface area (Å²) >= 11 is 0. The lowest BCUT2D eigenvalue weighted by Gasteiger charge is -2.34. The predicted octanol–water partition coefficient (Wildman–Crippen LogP) is 0.685. The van der Waals surface area contributed by atoms with Crippen LogP contribution in [0.2, 0.25) is 0 Å². The number of likely N-dealkylation sites (tertiary alicyclic amines) is 1. The van der Waals surface area contributed by atoms with Gasteiger partial charge in [-0.25, -0.2) is 0 Å². The molecule has 21 heavy (non-hydrogen) atoms. The molecule has 1 atom stereocenters. The Kier molecular flexibility index (Phi) is 5.90. The molecule has 1 aromatic rings. The molecule has 0 radical (unpaired) electrons. The monoisotopic (exact) mass is 289 g/mol. The van der Waals surface area contributed by atoms with Crippen molar-refractivity contribution in [2.75, 3.05) is 19.6 Å². The van der Waals surface area contributed by atoms with Crippen molar-refractivity contribution in [2.45, 2.75) is 31.7 Å². The summed E-state index contributed by atoms with van der Waals surface area (Å²) in [6, 6.07) is 9.66. The average molecular weight is 289 g/mol. The van der Waals surface area contributed by atoms with Crippen LogP contribution in [0.15, 0.2) is 30.3 Å². The molecule has 1 saturated heterocycles. The van der Waals surface area contributed by atoms with Crippen LogP contribution < -0.4 is 11.1 Å². The molecule has 0 saturated carbocycles. The van der Waals surface area contributed by atoms with E-state index >= 15 is 0 Å². The number of carbonyl (C=O) groups excluding carboxylic acids is 2. The number of hydrogen-bond acceptors (Lipinski definition) is 4. The first kappa shape index (κ1) is 15.7. The van der Waals surface area contributed by atoms with Gasteiger partial charge in [0.15, 0.2) is 0 Å². The quantitative estimate of drug-likeness (QED) is 0.836. The third-order valence-electron chi connectivity index (χ3n) is 3.85. The van der Waals surface area contributed by atoms with Crippen molar-refractivity contribution in [3.8, 4) is 0 Å². The molecule has 1 heterocycles. The number of nitrogens with two attached hydrogens (primary N) is 1. The molecule has 0 bridgehead atoms. The third-order valence-corrected chi connectivity index (χ3v) is 3.85. The van der Waals surface area contributed by atoms with E-state index in [9.17, 15) is 9.59 Å². The standard InChI is InChI=1S/C16H23N3O2/c17-11-14-8-4-5-9-19(14)12-16(21)18-15(20)10-13-6-2-1-3-7-13/h1-3,6-7,14H,4-5,8-12,17H2,(H,18,20,21). The van der Waals surface area contributed by atoms with E-state index in [-0.39, 0.29) is 30.8 Å². The fraction of sp³-hybridized carbons (Fsp3) is 0.500. The van der Waals surface area contributed by atoms with E-state index in [4.69, 9.17) is 5.73 Å². The minimum atomic E-state index is -0.257. The number of nitrogens with zero attached hydrogens (tertiary/aromatic N) is 1. The van der Waals surface area contributed by atoms with Crippen LogP contribution in [0.5, 0.6) is 0 Å². The topological polar surface area (TPSA) is 75.4 Å². The van der Waals surface area contributed by atoms with Crippen LogP contribution >= 0.6 is 0 Å². The van der Waals surface area contributed by atoms with Gasteiger partial charge in [-0.1, -0.05) is 36.8 Å². The molecule has 3 N–H and O–H groups in total. The van der Waals surface area contributed by atoms with Crippen LogP contribution in [0, 0.1) is 0 Å². The van der Waals surface area contributed by atoms with Crippen LogP contribution in [0.4, 0.5) is 0 Å². The number of nitrogens with one attached hydrogen (secondary N) is 1. The Labute approximate surface area is 125 Å². The fourth-order valence-electron chi connectivity index (χ4n) is 2.74. The number of benzene rings is 1. The highest BCUT2D eigenvalue weighted by molar-refractivity contribution is 5.96. The van der Waals surface area contributed by atoms with Gasteiger partial charge < -0.3 is 5.73 Å². The highest BCUT2D eigenvalue weighted by atomic mass is 16.2. The molecular weight excluding hydrogens is 266 g/mol. The zero-order valence-corrected chi connectivity index (χ0v) is 12.3. The number of piperidine rings is 1. The van der Waals surface area contributed by atoms with Gasteiger partial charge in [0.1, 0.15) is 0 Å². The van der Waals surface area contributed by atoms with E-state index in [2.05, 4.69) is 10.2 Å². The molecule has 5 heteroatoms. The van der Waals surface area contributed by atoms with E-state index in [1.807, 2.05) is 30.3 Å². The number of hydrogen-bond donors (Lipinski definition) is 2. The summed E-state index contributed by atoms with van der Waals surface area (Å²) in [6.07, 6.45) is 3.50. The average Bonchev–Trinajstić information content (AvgIpc) is 2.48. The maximum atomic E-state index is 12.0. The molecule has 0 aromatic heterocycles. The lowest BCUT2D eigenvalue weighted by Crippen LogP contribution is -2.49. The molecule has 5 nitrogen and oxygen atoms in total. The Hall–Kier alpha value is -1.72. The van der Waals surface area contributed by atoms with E-state index < -0.39 is 0 Å². The zero-order valence-electron chi connectivity index (χ0n) is 12.3. The molecule has 1 unspecified atom stereocenters. The molecule has 0 aliphatic carbocycles. The zero-order chi connectivity index (χ0) is 15.1. The Bertz CT molecular complexity index is 476. The highest BCUT2D eigenvalue weighted by Gasteiger charge is 2.23. The van der Waals surface area contributed by atoms with Crippen molar-refractivity contribution >= 4 is 11.8 Å². The first-order valence-electron chi connectivity index (χ1n) is 7.49. The summed E-state index contributed by atoms with van der Waals surface area (Å²) in [4.78, 5) is 25.9. The molecular formula is C16H23N3O2. The number of amides is 2. The second kappa shape index (κ2) is 7.90. The Morgan fingerprint density at radius 2 is 1.95 bits per heavy atom. The van der Waals surface area contributed by atoms with Crippen molar-refractivity contribution in [3.63, 3.8) is 0 Å². The SMILES string of the molecule is NCC1CCCCN1CC(=O)NC(=O)Cc1ccccc1. The van der Waals surface area contributed by atoms with Gasteiger partial charge in [0.2, 0.25) is 11.8 Å². The Balaban J connectivity index is 1.79. The minimum Gasteiger partial charge on any atom is -0.329 e. The molecule has 0 spiro atoms. The number of carbonyl (C=O) groups is 2. The van der Waals surface area contributed by atoms with Gasteiger partial charge in [-0.05, 0) is 24.9 Å². The summed E-state index contributed by atoms with van der Waals surface area (Å²) in [7, 11) is 0. The number of rotatable bonds is 5. The summed E-state index contributed by atoms with van der Waals surface area (Å²) < 4.78 is 0. The largest absolute Gasteiger partial charge is 0.329 e. The van der Waals surface area contributed by atoms with Crippen molar-refractivity contribution < 1.29 is 9.59 Å². The van der Waals surface area contributed by atoms with Gasteiger partial charge in [0.05, 0.1) is 13.0 Å². The van der Waals surface area contributed by atoms with Gasteiger partial charge in [-0.15, -0.1) is 0 Å². The molecule has 1 aliphatic rings. The van der Waals surface area contributed by atoms with Crippen molar-refractivity contribution in [1.29, 1.82) is 0 Å². The smallest absolute Gasteiger partial charge is 0.240 e. The van der Waals surface area contributed by atoms with E-state index in [1.165, 1.54) is 0 Å². The number of imide groups is 1. The first-order valence-corrected chi connectivity index (χ1v) is 7.49. The van der Waals surface area contributed by atoms with Crippen LogP contribution in [0.25, 0.3) is 0 Å². The Morgan fingerprint density at radius 3 is 2.67 bits per heavy atom. The predicted molar refractivity (Wildman–Crippen MR) is 81.6 cm³/mol. The van der Waals surface area contributed by atoms with Crippen LogP contribution in [-0.2, 0) is 16.0 Å². The van der Waals surface area contributed by atoms with Gasteiger partial charge in [0.25, 0.3) is 0 Å². The minimum absolute atomic E-state index is 0.229. The van der Waals surface area contributed by atoms with E-state index in [0.717, 1.165) is 31.4 Å². The highest BCUT2D eigenvalue weighted by Crippen LogP contribution is 2.15. The van der Waals surface area contributed by atoms with Crippen LogP contribution in [0.3, 0.4) is 0 Å².